The van der Waals surface area contributed by atoms with Gasteiger partial charge >= 0.3 is 0 Å². The minimum atomic E-state index is -0.480. The molecule has 23 heavy (non-hydrogen) atoms. The Labute approximate surface area is 141 Å². The fraction of sp³-hybridized carbons (Fsp3) is 0.600. The highest BCUT2D eigenvalue weighted by Crippen LogP contribution is 2.35. The van der Waals surface area contributed by atoms with Gasteiger partial charge in [-0.05, 0) is 68.5 Å². The molecule has 0 fully saturated rings. The van der Waals surface area contributed by atoms with Crippen LogP contribution in [0.1, 0.15) is 65.5 Å². The summed E-state index contributed by atoms with van der Waals surface area (Å²) in [4.78, 5) is 0. The molecule has 0 aromatic heterocycles. The van der Waals surface area contributed by atoms with Crippen molar-refractivity contribution in [3.8, 4) is 0 Å². The lowest BCUT2D eigenvalue weighted by atomic mass is 9.83. The van der Waals surface area contributed by atoms with Gasteiger partial charge in [0.05, 0.1) is 5.60 Å². The number of aliphatic hydroxyl groups excluding tert-OH is 1. The van der Waals surface area contributed by atoms with Crippen LogP contribution < -0.4 is 0 Å². The summed E-state index contributed by atoms with van der Waals surface area (Å²) in [6.45, 7) is 14.7. The second-order valence-electron chi connectivity index (χ2n) is 5.46. The number of rotatable bonds is 7. The van der Waals surface area contributed by atoms with Crippen molar-refractivity contribution < 1.29 is 14.2 Å². The largest absolute Gasteiger partial charge is 0.396 e. The summed E-state index contributed by atoms with van der Waals surface area (Å²) in [5.41, 5.74) is 3.55. The molecule has 0 spiro atoms. The molecule has 0 amide bonds. The van der Waals surface area contributed by atoms with Gasteiger partial charge in [-0.1, -0.05) is 26.8 Å². The molecule has 1 rings (SSSR count). The Hall–Kier alpha value is -1.19. The van der Waals surface area contributed by atoms with Crippen molar-refractivity contribution in [1.82, 2.24) is 0 Å². The maximum atomic E-state index is 13.6. The first-order valence-corrected chi connectivity index (χ1v) is 8.61. The van der Waals surface area contributed by atoms with Crippen LogP contribution in [0.5, 0.6) is 0 Å². The predicted octanol–water partition coefficient (Wildman–Crippen LogP) is 5.52. The molecule has 0 bridgehead atoms. The van der Waals surface area contributed by atoms with Crippen molar-refractivity contribution in [2.45, 2.75) is 66.9 Å². The van der Waals surface area contributed by atoms with Crippen molar-refractivity contribution in [1.29, 1.82) is 0 Å². The molecule has 132 valence electrons. The van der Waals surface area contributed by atoms with Crippen molar-refractivity contribution >= 4 is 5.57 Å². The average molecular weight is 324 g/mol. The highest BCUT2D eigenvalue weighted by molar-refractivity contribution is 5.70. The van der Waals surface area contributed by atoms with E-state index in [9.17, 15) is 9.50 Å². The molecular formula is C20H33FO2. The van der Waals surface area contributed by atoms with Crippen LogP contribution in [0.25, 0.3) is 5.57 Å². The molecule has 1 unspecified atom stereocenters. The summed E-state index contributed by atoms with van der Waals surface area (Å²) in [7, 11) is 0. The van der Waals surface area contributed by atoms with Gasteiger partial charge in [0.1, 0.15) is 5.82 Å². The second kappa shape index (κ2) is 10.6. The van der Waals surface area contributed by atoms with E-state index in [-0.39, 0.29) is 12.4 Å². The zero-order chi connectivity index (χ0) is 18.0. The van der Waals surface area contributed by atoms with E-state index in [1.807, 2.05) is 41.5 Å². The monoisotopic (exact) mass is 324 g/mol. The molecule has 1 aromatic rings. The van der Waals surface area contributed by atoms with Crippen LogP contribution in [-0.4, -0.2) is 23.9 Å². The maximum Gasteiger partial charge on any atom is 0.123 e. The third-order valence-corrected chi connectivity index (χ3v) is 4.36. The molecule has 0 aliphatic carbocycles. The number of hydrogen-bond acceptors (Lipinski definition) is 2. The van der Waals surface area contributed by atoms with E-state index in [0.29, 0.717) is 13.0 Å². The molecule has 0 radical (unpaired) electrons. The number of aliphatic hydroxyl groups is 1. The molecule has 1 atom stereocenters. The van der Waals surface area contributed by atoms with Crippen LogP contribution in [0.2, 0.25) is 0 Å². The molecular weight excluding hydrogens is 291 g/mol. The topological polar surface area (TPSA) is 29.5 Å². The van der Waals surface area contributed by atoms with Gasteiger partial charge in [0.25, 0.3) is 0 Å². The molecule has 1 aromatic carbocycles. The highest BCUT2D eigenvalue weighted by atomic mass is 19.1. The van der Waals surface area contributed by atoms with Crippen LogP contribution in [-0.2, 0) is 4.74 Å². The van der Waals surface area contributed by atoms with E-state index in [2.05, 4.69) is 6.92 Å². The van der Waals surface area contributed by atoms with Crippen LogP contribution >= 0.6 is 0 Å². The Bertz CT molecular complexity index is 500. The summed E-state index contributed by atoms with van der Waals surface area (Å²) in [5.74, 6) is -0.233. The lowest BCUT2D eigenvalue weighted by Crippen LogP contribution is -2.35. The molecule has 3 heteroatoms. The van der Waals surface area contributed by atoms with Crippen molar-refractivity contribution in [3.63, 3.8) is 0 Å². The molecule has 0 aliphatic rings. The lowest BCUT2D eigenvalue weighted by Gasteiger charge is -2.35. The van der Waals surface area contributed by atoms with Gasteiger partial charge in [-0.15, -0.1) is 0 Å². The Morgan fingerprint density at radius 2 is 1.83 bits per heavy atom. The van der Waals surface area contributed by atoms with E-state index in [1.165, 1.54) is 6.07 Å². The lowest BCUT2D eigenvalue weighted by molar-refractivity contribution is -0.0283. The summed E-state index contributed by atoms with van der Waals surface area (Å²) in [5, 5.41) is 9.40. The molecule has 0 saturated heterocycles. The quantitative estimate of drug-likeness (QED) is 0.715. The first-order valence-electron chi connectivity index (χ1n) is 8.61. The van der Waals surface area contributed by atoms with Crippen LogP contribution in [0, 0.1) is 12.7 Å². The van der Waals surface area contributed by atoms with Crippen LogP contribution in [0.15, 0.2) is 23.8 Å². The average Bonchev–Trinajstić information content (AvgIpc) is 2.57. The smallest absolute Gasteiger partial charge is 0.123 e. The standard InChI is InChI=1S/C18H27FO2.C2H6/c1-6-18(10-11-20,21-7-2)15(5)14(4)17-12-16(19)9-8-13(17)3;1-2/h8-9,12,20H,6-7,10-11H2,1-5H3;1-2H3/b15-14+;. The van der Waals surface area contributed by atoms with Crippen molar-refractivity contribution in [3.05, 3.63) is 40.7 Å². The van der Waals surface area contributed by atoms with Gasteiger partial charge in [0, 0.05) is 19.6 Å². The van der Waals surface area contributed by atoms with Gasteiger partial charge in [-0.2, -0.15) is 0 Å². The fourth-order valence-electron chi connectivity index (χ4n) is 2.91. The van der Waals surface area contributed by atoms with E-state index < -0.39 is 5.60 Å². The number of allylic oxidation sites excluding steroid dienone is 1. The third kappa shape index (κ3) is 5.43. The number of aryl methyl sites for hydroxylation is 1. The van der Waals surface area contributed by atoms with Crippen LogP contribution in [0.3, 0.4) is 0 Å². The Morgan fingerprint density at radius 1 is 1.22 bits per heavy atom. The third-order valence-electron chi connectivity index (χ3n) is 4.36. The Kier molecular flexibility index (Phi) is 10.0. The predicted molar refractivity (Wildman–Crippen MR) is 97.1 cm³/mol. The summed E-state index contributed by atoms with van der Waals surface area (Å²) >= 11 is 0. The molecule has 0 heterocycles. The molecule has 0 aliphatic heterocycles. The second-order valence-corrected chi connectivity index (χ2v) is 5.46. The zero-order valence-electron chi connectivity index (χ0n) is 15.8. The minimum absolute atomic E-state index is 0.0700. The van der Waals surface area contributed by atoms with E-state index in [0.717, 1.165) is 28.7 Å². The zero-order valence-corrected chi connectivity index (χ0v) is 15.8. The van der Waals surface area contributed by atoms with E-state index in [4.69, 9.17) is 4.74 Å². The van der Waals surface area contributed by atoms with Crippen molar-refractivity contribution in [2.75, 3.05) is 13.2 Å². The fourth-order valence-corrected chi connectivity index (χ4v) is 2.91. The van der Waals surface area contributed by atoms with Crippen molar-refractivity contribution in [2.24, 2.45) is 0 Å². The highest BCUT2D eigenvalue weighted by Gasteiger charge is 2.31. The summed E-state index contributed by atoms with van der Waals surface area (Å²) in [6, 6.07) is 4.84. The van der Waals surface area contributed by atoms with E-state index in [1.54, 1.807) is 12.1 Å². The van der Waals surface area contributed by atoms with Gasteiger partial charge in [0.2, 0.25) is 0 Å². The summed E-state index contributed by atoms with van der Waals surface area (Å²) in [6.07, 6.45) is 1.33. The first-order chi connectivity index (χ1) is 10.9. The number of benzene rings is 1. The molecule has 1 N–H and O–H groups in total. The number of ether oxygens (including phenoxy) is 1. The van der Waals surface area contributed by atoms with Gasteiger partial charge < -0.3 is 9.84 Å². The SMILES string of the molecule is CC.CCOC(CC)(CCO)/C(C)=C(\C)c1cc(F)ccc1C. The molecule has 2 nitrogen and oxygen atoms in total. The van der Waals surface area contributed by atoms with Gasteiger partial charge in [-0.25, -0.2) is 4.39 Å². The summed E-state index contributed by atoms with van der Waals surface area (Å²) < 4.78 is 19.5. The maximum absolute atomic E-state index is 13.6. The molecule has 0 saturated carbocycles. The number of hydrogen-bond donors (Lipinski definition) is 1. The number of halogens is 1. The Morgan fingerprint density at radius 3 is 2.30 bits per heavy atom. The Balaban J connectivity index is 0.00000232. The minimum Gasteiger partial charge on any atom is -0.396 e. The van der Waals surface area contributed by atoms with Gasteiger partial charge in [-0.3, -0.25) is 0 Å². The van der Waals surface area contributed by atoms with Crippen LogP contribution in [0.4, 0.5) is 4.39 Å². The van der Waals surface area contributed by atoms with Gasteiger partial charge in [0.15, 0.2) is 0 Å². The van der Waals surface area contributed by atoms with E-state index >= 15 is 0 Å². The normalized spacial score (nSPS) is 14.5. The first kappa shape index (κ1) is 21.8.